The smallest absolute Gasteiger partial charge is 0.231 e. The zero-order valence-electron chi connectivity index (χ0n) is 14.5. The van der Waals surface area contributed by atoms with Gasteiger partial charge in [-0.2, -0.15) is 0 Å². The molecule has 6 nitrogen and oxygen atoms in total. The number of amides is 1. The van der Waals surface area contributed by atoms with Crippen LogP contribution in [0.2, 0.25) is 0 Å². The molecule has 0 fully saturated rings. The molecule has 0 saturated carbocycles. The van der Waals surface area contributed by atoms with Crippen molar-refractivity contribution in [2.24, 2.45) is 5.92 Å². The first-order valence-corrected chi connectivity index (χ1v) is 7.97. The third-order valence-corrected chi connectivity index (χ3v) is 4.20. The minimum Gasteiger partial charge on any atom is -0.497 e. The average Bonchev–Trinajstić information content (AvgIpc) is 2.66. The number of carbonyl (C=O) groups is 1. The highest BCUT2D eigenvalue weighted by Crippen LogP contribution is 2.32. The van der Waals surface area contributed by atoms with Gasteiger partial charge in [0.05, 0.1) is 27.2 Å². The van der Waals surface area contributed by atoms with Gasteiger partial charge in [-0.15, -0.1) is 0 Å². The number of methoxy groups -OCH3 is 3. The van der Waals surface area contributed by atoms with Gasteiger partial charge in [0.1, 0.15) is 18.1 Å². The number of nitrogens with one attached hydrogen (secondary N) is 1. The molecule has 0 aromatic heterocycles. The Balaban J connectivity index is 1.71. The van der Waals surface area contributed by atoms with Gasteiger partial charge in [-0.05, 0) is 42.3 Å². The van der Waals surface area contributed by atoms with Gasteiger partial charge in [-0.1, -0.05) is 0 Å². The number of anilines is 1. The minimum atomic E-state index is -0.271. The Morgan fingerprint density at radius 3 is 2.56 bits per heavy atom. The molecule has 1 amide bonds. The van der Waals surface area contributed by atoms with Crippen molar-refractivity contribution >= 4 is 11.6 Å². The lowest BCUT2D eigenvalue weighted by molar-refractivity contribution is -0.121. The standard InChI is InChI=1S/C19H21NO5/c1-22-15-5-7-16-12(9-15)8-13(11-25-16)19(21)20-14-4-6-17(23-2)18(10-14)24-3/h4-7,9-10,13H,8,11H2,1-3H3,(H,20,21). The first-order valence-electron chi connectivity index (χ1n) is 7.97. The summed E-state index contributed by atoms with van der Waals surface area (Å²) in [6.45, 7) is 0.346. The van der Waals surface area contributed by atoms with Crippen LogP contribution in [0.5, 0.6) is 23.0 Å². The third-order valence-electron chi connectivity index (χ3n) is 4.20. The molecule has 2 aromatic rings. The maximum atomic E-state index is 12.6. The summed E-state index contributed by atoms with van der Waals surface area (Å²) in [7, 11) is 4.75. The fraction of sp³-hybridized carbons (Fsp3) is 0.316. The molecule has 6 heteroatoms. The second-order valence-corrected chi connectivity index (χ2v) is 5.74. The summed E-state index contributed by atoms with van der Waals surface area (Å²) in [4.78, 5) is 12.6. The van der Waals surface area contributed by atoms with Crippen LogP contribution in [0.3, 0.4) is 0 Å². The number of carbonyl (C=O) groups excluding carboxylic acids is 1. The number of hydrogen-bond donors (Lipinski definition) is 1. The molecular formula is C19H21NO5. The molecule has 1 N–H and O–H groups in total. The Kier molecular flexibility index (Phi) is 4.97. The van der Waals surface area contributed by atoms with Gasteiger partial charge >= 0.3 is 0 Å². The van der Waals surface area contributed by atoms with Gasteiger partial charge in [-0.25, -0.2) is 0 Å². The van der Waals surface area contributed by atoms with Crippen LogP contribution in [-0.4, -0.2) is 33.8 Å². The first kappa shape index (κ1) is 17.0. The summed E-state index contributed by atoms with van der Waals surface area (Å²) >= 11 is 0. The van der Waals surface area contributed by atoms with Crippen molar-refractivity contribution in [3.8, 4) is 23.0 Å². The number of fused-ring (bicyclic) bond motifs is 1. The van der Waals surface area contributed by atoms with E-state index in [9.17, 15) is 4.79 Å². The molecule has 0 aliphatic carbocycles. The molecular weight excluding hydrogens is 322 g/mol. The topological polar surface area (TPSA) is 66.0 Å². The quantitative estimate of drug-likeness (QED) is 0.904. The molecule has 0 saturated heterocycles. The Hall–Kier alpha value is -2.89. The van der Waals surface area contributed by atoms with Crippen molar-refractivity contribution < 1.29 is 23.7 Å². The second-order valence-electron chi connectivity index (χ2n) is 5.74. The lowest BCUT2D eigenvalue weighted by Gasteiger charge is -2.25. The van der Waals surface area contributed by atoms with Gasteiger partial charge in [0.2, 0.25) is 5.91 Å². The minimum absolute atomic E-state index is 0.0966. The summed E-state index contributed by atoms with van der Waals surface area (Å²) in [5.74, 6) is 2.37. The summed E-state index contributed by atoms with van der Waals surface area (Å²) in [6, 6.07) is 10.9. The van der Waals surface area contributed by atoms with E-state index in [1.54, 1.807) is 39.5 Å². The molecule has 1 unspecified atom stereocenters. The molecule has 1 heterocycles. The highest BCUT2D eigenvalue weighted by Gasteiger charge is 2.26. The van der Waals surface area contributed by atoms with Gasteiger partial charge in [0.25, 0.3) is 0 Å². The maximum absolute atomic E-state index is 12.6. The van der Waals surface area contributed by atoms with E-state index in [2.05, 4.69) is 5.32 Å². The van der Waals surface area contributed by atoms with Crippen LogP contribution in [0.4, 0.5) is 5.69 Å². The molecule has 1 atom stereocenters. The molecule has 0 radical (unpaired) electrons. The Morgan fingerprint density at radius 1 is 1.04 bits per heavy atom. The number of benzene rings is 2. The molecule has 3 rings (SSSR count). The first-order chi connectivity index (χ1) is 12.1. The monoisotopic (exact) mass is 343 g/mol. The van der Waals surface area contributed by atoms with E-state index in [0.717, 1.165) is 17.1 Å². The summed E-state index contributed by atoms with van der Waals surface area (Å²) in [5, 5.41) is 2.91. The van der Waals surface area contributed by atoms with Crippen LogP contribution >= 0.6 is 0 Å². The SMILES string of the molecule is COc1ccc2c(c1)CC(C(=O)Nc1ccc(OC)c(OC)c1)CO2. The van der Waals surface area contributed by atoms with Crippen molar-refractivity contribution in [1.29, 1.82) is 0 Å². The van der Waals surface area contributed by atoms with Gasteiger partial charge in [-0.3, -0.25) is 4.79 Å². The zero-order valence-corrected chi connectivity index (χ0v) is 14.5. The predicted molar refractivity (Wildman–Crippen MR) is 93.9 cm³/mol. The van der Waals surface area contributed by atoms with E-state index < -0.39 is 0 Å². The van der Waals surface area contributed by atoms with Crippen LogP contribution < -0.4 is 24.3 Å². The maximum Gasteiger partial charge on any atom is 0.231 e. The molecule has 1 aliphatic rings. The fourth-order valence-corrected chi connectivity index (χ4v) is 2.82. The lowest BCUT2D eigenvalue weighted by atomic mass is 9.95. The number of hydrogen-bond acceptors (Lipinski definition) is 5. The zero-order chi connectivity index (χ0) is 17.8. The van der Waals surface area contributed by atoms with Crippen LogP contribution in [0.15, 0.2) is 36.4 Å². The van der Waals surface area contributed by atoms with E-state index in [0.29, 0.717) is 30.2 Å². The normalized spacial score (nSPS) is 15.6. The molecule has 132 valence electrons. The van der Waals surface area contributed by atoms with Crippen LogP contribution in [0.1, 0.15) is 5.56 Å². The third kappa shape index (κ3) is 3.63. The van der Waals surface area contributed by atoms with E-state index >= 15 is 0 Å². The molecule has 2 aromatic carbocycles. The summed E-state index contributed by atoms with van der Waals surface area (Å²) < 4.78 is 21.4. The van der Waals surface area contributed by atoms with Gasteiger partial charge in [0, 0.05) is 11.8 Å². The number of rotatable bonds is 5. The van der Waals surface area contributed by atoms with Crippen LogP contribution in [-0.2, 0) is 11.2 Å². The summed E-state index contributed by atoms with van der Waals surface area (Å²) in [5.41, 5.74) is 1.62. The van der Waals surface area contributed by atoms with Crippen molar-refractivity contribution in [2.45, 2.75) is 6.42 Å². The Bertz CT molecular complexity index is 774. The largest absolute Gasteiger partial charge is 0.497 e. The second kappa shape index (κ2) is 7.34. The van der Waals surface area contributed by atoms with E-state index in [-0.39, 0.29) is 11.8 Å². The molecule has 0 bridgehead atoms. The summed E-state index contributed by atoms with van der Waals surface area (Å²) in [6.07, 6.45) is 0.603. The molecule has 25 heavy (non-hydrogen) atoms. The fourth-order valence-electron chi connectivity index (χ4n) is 2.82. The van der Waals surface area contributed by atoms with Crippen molar-refractivity contribution in [3.05, 3.63) is 42.0 Å². The van der Waals surface area contributed by atoms with Crippen molar-refractivity contribution in [3.63, 3.8) is 0 Å². The lowest BCUT2D eigenvalue weighted by Crippen LogP contribution is -2.32. The highest BCUT2D eigenvalue weighted by atomic mass is 16.5. The van der Waals surface area contributed by atoms with Gasteiger partial charge < -0.3 is 24.3 Å². The van der Waals surface area contributed by atoms with E-state index in [4.69, 9.17) is 18.9 Å². The van der Waals surface area contributed by atoms with Crippen molar-refractivity contribution in [1.82, 2.24) is 0 Å². The Morgan fingerprint density at radius 2 is 1.84 bits per heavy atom. The average molecular weight is 343 g/mol. The van der Waals surface area contributed by atoms with Crippen LogP contribution in [0, 0.1) is 5.92 Å². The molecule has 0 spiro atoms. The van der Waals surface area contributed by atoms with Crippen molar-refractivity contribution in [2.75, 3.05) is 33.3 Å². The van der Waals surface area contributed by atoms with E-state index in [1.807, 2.05) is 18.2 Å². The molecule has 1 aliphatic heterocycles. The van der Waals surface area contributed by atoms with Gasteiger partial charge in [0.15, 0.2) is 11.5 Å². The predicted octanol–water partition coefficient (Wildman–Crippen LogP) is 2.90. The highest BCUT2D eigenvalue weighted by molar-refractivity contribution is 5.93. The van der Waals surface area contributed by atoms with Crippen LogP contribution in [0.25, 0.3) is 0 Å². The number of ether oxygens (including phenoxy) is 4. The Labute approximate surface area is 146 Å². The van der Waals surface area contributed by atoms with E-state index in [1.165, 1.54) is 0 Å².